The number of aryl methyl sites for hydroxylation is 2. The lowest BCUT2D eigenvalue weighted by molar-refractivity contribution is -0.394. The van der Waals surface area contributed by atoms with Crippen LogP contribution in [-0.4, -0.2) is 20.7 Å². The number of hydrogen-bond donors (Lipinski definition) is 1. The number of carbonyl (C=O) groups excluding carboxylic acids is 1. The second-order valence-corrected chi connectivity index (χ2v) is 6.39. The van der Waals surface area contributed by atoms with Crippen LogP contribution in [0, 0.1) is 20.2 Å². The molecule has 0 bridgehead atoms. The first-order valence-electron chi connectivity index (χ1n) is 7.18. The molecule has 0 saturated heterocycles. The smallest absolute Gasteiger partial charge is 0.277 e. The van der Waals surface area contributed by atoms with E-state index < -0.39 is 27.1 Å². The number of rotatable bonds is 4. The lowest BCUT2D eigenvalue weighted by atomic mass is 10.0. The van der Waals surface area contributed by atoms with Gasteiger partial charge in [-0.05, 0) is 25.7 Å². The molecule has 1 amide bonds. The van der Waals surface area contributed by atoms with Crippen LogP contribution in [0.25, 0.3) is 0 Å². The number of amides is 1. The topological polar surface area (TPSA) is 128 Å². The fraction of sp³-hybridized carbons (Fsp3) is 0.286. The van der Waals surface area contributed by atoms with Gasteiger partial charge in [0.15, 0.2) is 5.13 Å². The van der Waals surface area contributed by atoms with E-state index in [1.165, 1.54) is 11.3 Å². The number of anilines is 1. The molecule has 1 heterocycles. The van der Waals surface area contributed by atoms with Crippen molar-refractivity contribution in [2.45, 2.75) is 25.7 Å². The monoisotopic (exact) mass is 384 g/mol. The van der Waals surface area contributed by atoms with E-state index in [-0.39, 0.29) is 18.0 Å². The first-order valence-corrected chi connectivity index (χ1v) is 7.99. The molecule has 0 atom stereocenters. The second kappa shape index (κ2) is 7.53. The molecule has 3 rings (SSSR count). The predicted molar refractivity (Wildman–Crippen MR) is 93.7 cm³/mol. The molecule has 11 heteroatoms. The van der Waals surface area contributed by atoms with Gasteiger partial charge in [0.05, 0.1) is 27.2 Å². The second-order valence-electron chi connectivity index (χ2n) is 5.30. The van der Waals surface area contributed by atoms with E-state index in [0.717, 1.165) is 54.5 Å². The molecule has 0 spiro atoms. The van der Waals surface area contributed by atoms with Gasteiger partial charge in [-0.15, -0.1) is 23.7 Å². The van der Waals surface area contributed by atoms with Crippen LogP contribution < -0.4 is 5.32 Å². The maximum absolute atomic E-state index is 12.3. The summed E-state index contributed by atoms with van der Waals surface area (Å²) >= 11 is 1.37. The Labute approximate surface area is 151 Å². The van der Waals surface area contributed by atoms with Crippen molar-refractivity contribution in [3.05, 3.63) is 54.6 Å². The number of nitrogens with one attached hydrogen (secondary N) is 1. The average Bonchev–Trinajstić information content (AvgIpc) is 2.96. The fourth-order valence-electron chi connectivity index (χ4n) is 2.51. The molecule has 2 aromatic rings. The third-order valence-electron chi connectivity index (χ3n) is 3.65. The van der Waals surface area contributed by atoms with E-state index in [2.05, 4.69) is 10.3 Å². The highest BCUT2D eigenvalue weighted by atomic mass is 35.5. The van der Waals surface area contributed by atoms with Crippen molar-refractivity contribution in [3.63, 3.8) is 0 Å². The average molecular weight is 385 g/mol. The van der Waals surface area contributed by atoms with Crippen LogP contribution in [0.15, 0.2) is 18.2 Å². The van der Waals surface area contributed by atoms with Crippen molar-refractivity contribution in [2.75, 3.05) is 5.32 Å². The van der Waals surface area contributed by atoms with Crippen LogP contribution in [0.1, 0.15) is 33.8 Å². The van der Waals surface area contributed by atoms with Crippen LogP contribution in [0.4, 0.5) is 16.5 Å². The van der Waals surface area contributed by atoms with Gasteiger partial charge in [-0.25, -0.2) is 4.98 Å². The number of non-ortho nitro benzene ring substituents is 2. The largest absolute Gasteiger partial charge is 0.298 e. The van der Waals surface area contributed by atoms with Gasteiger partial charge in [0.25, 0.3) is 17.3 Å². The molecule has 25 heavy (non-hydrogen) atoms. The molecule has 0 radical (unpaired) electrons. The van der Waals surface area contributed by atoms with Gasteiger partial charge in [0.1, 0.15) is 0 Å². The van der Waals surface area contributed by atoms with E-state index in [4.69, 9.17) is 0 Å². The van der Waals surface area contributed by atoms with Crippen LogP contribution in [-0.2, 0) is 12.8 Å². The zero-order valence-electron chi connectivity index (χ0n) is 12.8. The molecule has 9 nitrogen and oxygen atoms in total. The third kappa shape index (κ3) is 4.09. The Morgan fingerprint density at radius 3 is 2.24 bits per heavy atom. The number of nitro benzene ring substituents is 2. The Hall–Kier alpha value is -2.59. The Morgan fingerprint density at radius 2 is 1.68 bits per heavy atom. The van der Waals surface area contributed by atoms with Crippen molar-refractivity contribution in [1.82, 2.24) is 4.98 Å². The van der Waals surface area contributed by atoms with Gasteiger partial charge < -0.3 is 0 Å². The molecule has 1 N–H and O–H groups in total. The summed E-state index contributed by atoms with van der Waals surface area (Å²) in [5.74, 6) is -0.659. The summed E-state index contributed by atoms with van der Waals surface area (Å²) in [5, 5.41) is 24.7. The minimum absolute atomic E-state index is 0. The van der Waals surface area contributed by atoms with Gasteiger partial charge in [-0.1, -0.05) is 0 Å². The minimum Gasteiger partial charge on any atom is -0.298 e. The summed E-state index contributed by atoms with van der Waals surface area (Å²) in [6, 6.07) is 2.84. The van der Waals surface area contributed by atoms with E-state index in [1.54, 1.807) is 0 Å². The number of halogens is 1. The zero-order chi connectivity index (χ0) is 17.3. The highest BCUT2D eigenvalue weighted by molar-refractivity contribution is 7.15. The quantitative estimate of drug-likeness (QED) is 0.634. The number of nitro groups is 2. The third-order valence-corrected chi connectivity index (χ3v) is 4.73. The van der Waals surface area contributed by atoms with E-state index in [0.29, 0.717) is 5.13 Å². The number of nitrogens with zero attached hydrogens (tertiary/aromatic N) is 3. The highest BCUT2D eigenvalue weighted by Crippen LogP contribution is 2.30. The van der Waals surface area contributed by atoms with Gasteiger partial charge in [-0.2, -0.15) is 0 Å². The molecule has 0 fully saturated rings. The molecule has 1 aliphatic rings. The molecule has 0 aliphatic heterocycles. The number of aromatic nitrogens is 1. The van der Waals surface area contributed by atoms with Crippen molar-refractivity contribution in [1.29, 1.82) is 0 Å². The molecule has 132 valence electrons. The van der Waals surface area contributed by atoms with Crippen LogP contribution >= 0.6 is 23.7 Å². The normalized spacial score (nSPS) is 12.6. The molecular weight excluding hydrogens is 372 g/mol. The first kappa shape index (κ1) is 18.7. The van der Waals surface area contributed by atoms with Crippen molar-refractivity contribution in [2.24, 2.45) is 0 Å². The Morgan fingerprint density at radius 1 is 1.08 bits per heavy atom. The fourth-order valence-corrected chi connectivity index (χ4v) is 3.56. The number of carbonyl (C=O) groups is 1. The molecule has 0 unspecified atom stereocenters. The first-order chi connectivity index (χ1) is 11.4. The Kier molecular flexibility index (Phi) is 5.65. The summed E-state index contributed by atoms with van der Waals surface area (Å²) in [5.41, 5.74) is -0.198. The standard InChI is InChI=1S/C14H12N4O5S.ClH/c19-13(16-14-15-11-3-1-2-4-12(11)24-14)8-5-9(17(20)21)7-10(6-8)18(22)23;/h5-7H,1-4H2,(H,15,16,19);1H. The highest BCUT2D eigenvalue weighted by Gasteiger charge is 2.21. The number of benzene rings is 1. The number of hydrogen-bond acceptors (Lipinski definition) is 7. The molecule has 0 saturated carbocycles. The summed E-state index contributed by atoms with van der Waals surface area (Å²) in [6.07, 6.45) is 3.93. The van der Waals surface area contributed by atoms with Crippen LogP contribution in [0.2, 0.25) is 0 Å². The summed E-state index contributed by atoms with van der Waals surface area (Å²) in [6.45, 7) is 0. The zero-order valence-corrected chi connectivity index (χ0v) is 14.4. The van der Waals surface area contributed by atoms with E-state index in [1.807, 2.05) is 0 Å². The van der Waals surface area contributed by atoms with Crippen LogP contribution in [0.3, 0.4) is 0 Å². The Bertz CT molecular complexity index is 798. The number of thiazole rings is 1. The van der Waals surface area contributed by atoms with Crippen LogP contribution in [0.5, 0.6) is 0 Å². The molecular formula is C14H13ClN4O5S. The maximum atomic E-state index is 12.3. The lowest BCUT2D eigenvalue weighted by Crippen LogP contribution is -2.12. The summed E-state index contributed by atoms with van der Waals surface area (Å²) < 4.78 is 0. The summed E-state index contributed by atoms with van der Waals surface area (Å²) in [4.78, 5) is 38.0. The van der Waals surface area contributed by atoms with Gasteiger partial charge in [0, 0.05) is 17.0 Å². The van der Waals surface area contributed by atoms with Gasteiger partial charge in [-0.3, -0.25) is 30.3 Å². The lowest BCUT2D eigenvalue weighted by Gasteiger charge is -2.06. The van der Waals surface area contributed by atoms with E-state index in [9.17, 15) is 25.0 Å². The van der Waals surface area contributed by atoms with Crippen molar-refractivity contribution in [3.8, 4) is 0 Å². The van der Waals surface area contributed by atoms with E-state index >= 15 is 0 Å². The summed E-state index contributed by atoms with van der Waals surface area (Å²) in [7, 11) is 0. The van der Waals surface area contributed by atoms with Gasteiger partial charge in [0.2, 0.25) is 0 Å². The molecule has 1 aliphatic carbocycles. The maximum Gasteiger partial charge on any atom is 0.277 e. The SMILES string of the molecule is Cl.O=C(Nc1nc2c(s1)CCCC2)c1cc([N+](=O)[O-])cc([N+](=O)[O-])c1. The van der Waals surface area contributed by atoms with Crippen molar-refractivity contribution < 1.29 is 14.6 Å². The number of fused-ring (bicyclic) bond motifs is 1. The van der Waals surface area contributed by atoms with Gasteiger partial charge >= 0.3 is 0 Å². The predicted octanol–water partition coefficient (Wildman–Crippen LogP) is 3.51. The minimum atomic E-state index is -0.772. The van der Waals surface area contributed by atoms with Crippen molar-refractivity contribution >= 4 is 46.2 Å². The molecule has 1 aromatic carbocycles. The molecule has 1 aromatic heterocycles. The Balaban J connectivity index is 0.00000225.